The molecule has 0 spiro atoms. The summed E-state index contributed by atoms with van der Waals surface area (Å²) < 4.78 is 34.8. The van der Waals surface area contributed by atoms with Gasteiger partial charge < -0.3 is 4.74 Å². The molecule has 23 heavy (non-hydrogen) atoms. The molecule has 128 valence electrons. The fourth-order valence-corrected chi connectivity index (χ4v) is 5.76. The van der Waals surface area contributed by atoms with Gasteiger partial charge in [-0.3, -0.25) is 9.58 Å². The zero-order chi connectivity index (χ0) is 16.0. The molecule has 0 unspecified atom stereocenters. The standard InChI is InChI=1S/C15H24N4O3S/c1-17-9-12(8-16-17)10-18-5-4-15-14(11-18)19(6-7-22-15)23(20,21)13-2-3-13/h8-9,13-15H,2-7,10-11H2,1H3/t14-,15-/m0/s1. The molecular weight excluding hydrogens is 316 g/mol. The Morgan fingerprint density at radius 1 is 1.30 bits per heavy atom. The maximum atomic E-state index is 12.7. The molecule has 1 aromatic heterocycles. The first-order valence-corrected chi connectivity index (χ1v) is 9.86. The number of ether oxygens (including phenoxy) is 1. The molecule has 2 aliphatic heterocycles. The van der Waals surface area contributed by atoms with E-state index in [4.69, 9.17) is 4.74 Å². The van der Waals surface area contributed by atoms with Crippen molar-refractivity contribution >= 4 is 10.0 Å². The quantitative estimate of drug-likeness (QED) is 0.783. The van der Waals surface area contributed by atoms with E-state index < -0.39 is 10.0 Å². The van der Waals surface area contributed by atoms with E-state index in [0.29, 0.717) is 13.2 Å². The van der Waals surface area contributed by atoms with Crippen LogP contribution in [-0.4, -0.2) is 71.0 Å². The van der Waals surface area contributed by atoms with E-state index in [9.17, 15) is 8.42 Å². The molecule has 0 radical (unpaired) electrons. The summed E-state index contributed by atoms with van der Waals surface area (Å²) in [6.45, 7) is 3.52. The molecule has 3 fully saturated rings. The lowest BCUT2D eigenvalue weighted by atomic mass is 10.0. The van der Waals surface area contributed by atoms with Crippen LogP contribution in [0.2, 0.25) is 0 Å². The Morgan fingerprint density at radius 2 is 2.13 bits per heavy atom. The molecule has 2 saturated heterocycles. The highest BCUT2D eigenvalue weighted by molar-refractivity contribution is 7.90. The molecule has 4 rings (SSSR count). The first-order chi connectivity index (χ1) is 11.0. The summed E-state index contributed by atoms with van der Waals surface area (Å²) in [4.78, 5) is 2.32. The second kappa shape index (κ2) is 5.84. The monoisotopic (exact) mass is 340 g/mol. The van der Waals surface area contributed by atoms with Crippen molar-refractivity contribution in [3.05, 3.63) is 18.0 Å². The van der Waals surface area contributed by atoms with Crippen LogP contribution in [0.5, 0.6) is 0 Å². The minimum atomic E-state index is -3.14. The minimum Gasteiger partial charge on any atom is -0.375 e. The SMILES string of the molecule is Cn1cc(CN2CC[C@@H]3OCCN(S(=O)(=O)C4CC4)[C@H]3C2)cn1. The van der Waals surface area contributed by atoms with Crippen LogP contribution in [-0.2, 0) is 28.4 Å². The van der Waals surface area contributed by atoms with Crippen LogP contribution >= 0.6 is 0 Å². The van der Waals surface area contributed by atoms with Crippen molar-refractivity contribution in [1.82, 2.24) is 19.0 Å². The van der Waals surface area contributed by atoms with Gasteiger partial charge in [0.2, 0.25) is 10.0 Å². The summed E-state index contributed by atoms with van der Waals surface area (Å²) in [5.41, 5.74) is 1.17. The van der Waals surface area contributed by atoms with Crippen LogP contribution in [0.3, 0.4) is 0 Å². The first-order valence-electron chi connectivity index (χ1n) is 8.36. The predicted molar refractivity (Wildman–Crippen MR) is 85.3 cm³/mol. The van der Waals surface area contributed by atoms with Crippen molar-refractivity contribution in [1.29, 1.82) is 0 Å². The van der Waals surface area contributed by atoms with E-state index in [1.807, 2.05) is 19.4 Å². The number of rotatable bonds is 4. The van der Waals surface area contributed by atoms with Gasteiger partial charge in [-0.2, -0.15) is 9.40 Å². The number of morpholine rings is 1. The van der Waals surface area contributed by atoms with Gasteiger partial charge in [0.15, 0.2) is 0 Å². The van der Waals surface area contributed by atoms with E-state index in [-0.39, 0.29) is 17.4 Å². The van der Waals surface area contributed by atoms with Gasteiger partial charge in [0.05, 0.1) is 30.2 Å². The van der Waals surface area contributed by atoms with Crippen LogP contribution in [0.4, 0.5) is 0 Å². The van der Waals surface area contributed by atoms with Gasteiger partial charge in [-0.25, -0.2) is 8.42 Å². The Morgan fingerprint density at radius 3 is 2.83 bits per heavy atom. The normalized spacial score (nSPS) is 30.3. The number of hydrogen-bond donors (Lipinski definition) is 0. The number of nitrogens with zero attached hydrogens (tertiary/aromatic N) is 4. The predicted octanol–water partition coefficient (Wildman–Crippen LogP) is 0.187. The molecule has 7 nitrogen and oxygen atoms in total. The van der Waals surface area contributed by atoms with Gasteiger partial charge >= 0.3 is 0 Å². The van der Waals surface area contributed by atoms with Crippen molar-refractivity contribution in [2.24, 2.45) is 7.05 Å². The Kier molecular flexibility index (Phi) is 3.95. The molecule has 0 N–H and O–H groups in total. The summed E-state index contributed by atoms with van der Waals surface area (Å²) in [6.07, 6.45) is 6.46. The van der Waals surface area contributed by atoms with Gasteiger partial charge in [0.25, 0.3) is 0 Å². The van der Waals surface area contributed by atoms with Gasteiger partial charge in [-0.1, -0.05) is 0 Å². The van der Waals surface area contributed by atoms with Crippen LogP contribution in [0.15, 0.2) is 12.4 Å². The summed E-state index contributed by atoms with van der Waals surface area (Å²) >= 11 is 0. The van der Waals surface area contributed by atoms with Gasteiger partial charge in [-0.15, -0.1) is 0 Å². The highest BCUT2D eigenvalue weighted by Gasteiger charge is 2.47. The average Bonchev–Trinajstić information content (AvgIpc) is 3.31. The topological polar surface area (TPSA) is 67.7 Å². The maximum absolute atomic E-state index is 12.7. The number of piperidine rings is 1. The molecule has 8 heteroatoms. The van der Waals surface area contributed by atoms with Crippen molar-refractivity contribution in [3.63, 3.8) is 0 Å². The average molecular weight is 340 g/mol. The number of fused-ring (bicyclic) bond motifs is 1. The van der Waals surface area contributed by atoms with Crippen molar-refractivity contribution in [3.8, 4) is 0 Å². The highest BCUT2D eigenvalue weighted by atomic mass is 32.2. The van der Waals surface area contributed by atoms with E-state index in [0.717, 1.165) is 38.9 Å². The molecule has 1 aromatic rings. The Labute approximate surface area is 137 Å². The Hall–Kier alpha value is -0.960. The lowest BCUT2D eigenvalue weighted by Gasteiger charge is -2.46. The lowest BCUT2D eigenvalue weighted by Crippen LogP contribution is -2.61. The fraction of sp³-hybridized carbons (Fsp3) is 0.800. The van der Waals surface area contributed by atoms with Crippen molar-refractivity contribution in [2.75, 3.05) is 26.2 Å². The molecule has 1 saturated carbocycles. The van der Waals surface area contributed by atoms with E-state index in [1.165, 1.54) is 5.56 Å². The molecular formula is C15H24N4O3S. The Bertz CT molecular complexity index is 670. The molecule has 1 aliphatic carbocycles. The third-order valence-electron chi connectivity index (χ3n) is 5.05. The van der Waals surface area contributed by atoms with Crippen LogP contribution < -0.4 is 0 Å². The Balaban J connectivity index is 1.49. The van der Waals surface area contributed by atoms with Crippen molar-refractivity contribution < 1.29 is 13.2 Å². The van der Waals surface area contributed by atoms with Crippen LogP contribution in [0, 0.1) is 0 Å². The lowest BCUT2D eigenvalue weighted by molar-refractivity contribution is -0.0770. The molecule has 2 atom stereocenters. The van der Waals surface area contributed by atoms with Crippen LogP contribution in [0.1, 0.15) is 24.8 Å². The van der Waals surface area contributed by atoms with Crippen molar-refractivity contribution in [2.45, 2.75) is 43.2 Å². The number of likely N-dealkylation sites (tertiary alicyclic amines) is 1. The largest absolute Gasteiger partial charge is 0.375 e. The van der Waals surface area contributed by atoms with E-state index >= 15 is 0 Å². The zero-order valence-corrected chi connectivity index (χ0v) is 14.3. The summed E-state index contributed by atoms with van der Waals surface area (Å²) in [5, 5.41) is 4.06. The molecule has 3 aliphatic rings. The van der Waals surface area contributed by atoms with Crippen LogP contribution in [0.25, 0.3) is 0 Å². The molecule has 0 aromatic carbocycles. The van der Waals surface area contributed by atoms with Gasteiger partial charge in [0, 0.05) is 45.0 Å². The number of sulfonamides is 1. The molecule has 3 heterocycles. The minimum absolute atomic E-state index is 0.0419. The zero-order valence-electron chi connectivity index (χ0n) is 13.5. The maximum Gasteiger partial charge on any atom is 0.217 e. The molecule has 0 bridgehead atoms. The van der Waals surface area contributed by atoms with E-state index in [2.05, 4.69) is 10.00 Å². The van der Waals surface area contributed by atoms with Gasteiger partial charge in [0.1, 0.15) is 0 Å². The third-order valence-corrected chi connectivity index (χ3v) is 7.48. The van der Waals surface area contributed by atoms with Gasteiger partial charge in [-0.05, 0) is 19.3 Å². The second-order valence-corrected chi connectivity index (χ2v) is 9.04. The number of hydrogen-bond acceptors (Lipinski definition) is 5. The summed E-state index contributed by atoms with van der Waals surface area (Å²) in [6, 6.07) is -0.0419. The fourth-order valence-electron chi connectivity index (χ4n) is 3.74. The van der Waals surface area contributed by atoms with E-state index in [1.54, 1.807) is 8.99 Å². The number of aryl methyl sites for hydroxylation is 1. The number of aromatic nitrogens is 2. The highest BCUT2D eigenvalue weighted by Crippen LogP contribution is 2.35. The second-order valence-electron chi connectivity index (χ2n) is 6.88. The molecule has 0 amide bonds. The summed E-state index contributed by atoms with van der Waals surface area (Å²) in [7, 11) is -1.23. The third kappa shape index (κ3) is 3.05. The smallest absolute Gasteiger partial charge is 0.217 e. The summed E-state index contributed by atoms with van der Waals surface area (Å²) in [5.74, 6) is 0. The first kappa shape index (κ1) is 15.6.